The van der Waals surface area contributed by atoms with Crippen molar-refractivity contribution in [3.8, 4) is 0 Å². The lowest BCUT2D eigenvalue weighted by Crippen LogP contribution is -2.49. The Balaban J connectivity index is 1.81. The van der Waals surface area contributed by atoms with E-state index in [1.807, 2.05) is 0 Å². The van der Waals surface area contributed by atoms with Crippen molar-refractivity contribution in [3.05, 3.63) is 29.3 Å². The number of aliphatic hydroxyl groups excluding tert-OH is 1. The number of thiocarbonyl (C=S) groups is 1. The van der Waals surface area contributed by atoms with Crippen molar-refractivity contribution in [1.82, 2.24) is 0 Å². The fourth-order valence-electron chi connectivity index (χ4n) is 4.90. The lowest BCUT2D eigenvalue weighted by Gasteiger charge is -2.31. The summed E-state index contributed by atoms with van der Waals surface area (Å²) < 4.78 is 46.2. The highest BCUT2D eigenvalue weighted by molar-refractivity contribution is 7.80. The van der Waals surface area contributed by atoms with E-state index in [4.69, 9.17) is 10.5 Å². The molecule has 1 aromatic carbocycles. The van der Waals surface area contributed by atoms with Gasteiger partial charge in [-0.05, 0) is 32.0 Å². The third kappa shape index (κ3) is 2.31. The van der Waals surface area contributed by atoms with Gasteiger partial charge in [-0.1, -0.05) is 12.2 Å². The Morgan fingerprint density at radius 2 is 1.89 bits per heavy atom. The Morgan fingerprint density at radius 1 is 1.29 bits per heavy atom. The summed E-state index contributed by atoms with van der Waals surface area (Å²) in [6.07, 6.45) is -5.54. The number of aliphatic hydroxyl groups is 1. The van der Waals surface area contributed by atoms with Crippen LogP contribution in [0.5, 0.6) is 0 Å². The molecule has 28 heavy (non-hydrogen) atoms. The number of nitrogens with two attached hydrogens (primary N) is 1. The molecule has 5 atom stereocenters. The smallest absolute Gasteiger partial charge is 0.390 e. The lowest BCUT2D eigenvalue weighted by atomic mass is 9.67. The van der Waals surface area contributed by atoms with Crippen molar-refractivity contribution in [2.45, 2.75) is 43.8 Å². The van der Waals surface area contributed by atoms with Crippen LogP contribution in [0.25, 0.3) is 0 Å². The van der Waals surface area contributed by atoms with Gasteiger partial charge in [0.05, 0.1) is 34.8 Å². The van der Waals surface area contributed by atoms with E-state index >= 15 is 0 Å². The number of hydrogen-bond donors (Lipinski definition) is 2. The van der Waals surface area contributed by atoms with Gasteiger partial charge in [-0.2, -0.15) is 13.2 Å². The van der Waals surface area contributed by atoms with Crippen molar-refractivity contribution in [1.29, 1.82) is 0 Å². The molecule has 3 saturated heterocycles. The highest BCUT2D eigenvalue weighted by atomic mass is 32.1. The third-order valence-corrected chi connectivity index (χ3v) is 6.35. The summed E-state index contributed by atoms with van der Waals surface area (Å²) in [7, 11) is 0. The molecule has 10 heteroatoms. The van der Waals surface area contributed by atoms with Gasteiger partial charge in [-0.15, -0.1) is 0 Å². The molecule has 0 aliphatic carbocycles. The van der Waals surface area contributed by atoms with Crippen LogP contribution in [0.1, 0.15) is 31.4 Å². The number of anilines is 1. The van der Waals surface area contributed by atoms with Crippen molar-refractivity contribution in [2.24, 2.45) is 17.6 Å². The number of ether oxygens (including phenoxy) is 1. The van der Waals surface area contributed by atoms with Gasteiger partial charge in [0.15, 0.2) is 0 Å². The number of amides is 2. The number of rotatable bonds is 2. The Bertz CT molecular complexity index is 936. The summed E-state index contributed by atoms with van der Waals surface area (Å²) in [4.78, 5) is 26.4. The van der Waals surface area contributed by atoms with Crippen molar-refractivity contribution < 1.29 is 32.6 Å². The Hall–Kier alpha value is -2.04. The van der Waals surface area contributed by atoms with Crippen LogP contribution >= 0.6 is 12.2 Å². The monoisotopic (exact) mass is 414 g/mol. The molecule has 2 bridgehead atoms. The second-order valence-corrected chi connectivity index (χ2v) is 8.32. The molecule has 3 heterocycles. The molecule has 0 spiro atoms. The quantitative estimate of drug-likeness (QED) is 0.566. The van der Waals surface area contributed by atoms with Gasteiger partial charge in [-0.25, -0.2) is 4.90 Å². The molecule has 3 aliphatic rings. The summed E-state index contributed by atoms with van der Waals surface area (Å²) in [5, 5.41) is 10.3. The van der Waals surface area contributed by atoms with Crippen LogP contribution in [0, 0.1) is 11.8 Å². The van der Waals surface area contributed by atoms with Crippen LogP contribution < -0.4 is 10.6 Å². The number of fused-ring (bicyclic) bond motifs is 5. The molecule has 0 unspecified atom stereocenters. The van der Waals surface area contributed by atoms with E-state index in [1.165, 1.54) is 6.07 Å². The first kappa shape index (κ1) is 19.3. The van der Waals surface area contributed by atoms with E-state index in [-0.39, 0.29) is 17.7 Å². The Morgan fingerprint density at radius 3 is 2.46 bits per heavy atom. The number of nitrogens with zero attached hydrogens (tertiary/aromatic N) is 1. The zero-order chi connectivity index (χ0) is 20.8. The highest BCUT2D eigenvalue weighted by Crippen LogP contribution is 2.61. The van der Waals surface area contributed by atoms with Crippen LogP contribution in [0.2, 0.25) is 0 Å². The summed E-state index contributed by atoms with van der Waals surface area (Å²) in [5.41, 5.74) is 1.36. The van der Waals surface area contributed by atoms with Gasteiger partial charge in [0.25, 0.3) is 0 Å². The molecular weight excluding hydrogens is 397 g/mol. The van der Waals surface area contributed by atoms with Gasteiger partial charge in [0.1, 0.15) is 10.6 Å². The third-order valence-electron chi connectivity index (χ3n) is 6.13. The number of halogens is 3. The first-order chi connectivity index (χ1) is 12.8. The zero-order valence-electron chi connectivity index (χ0n) is 14.9. The van der Waals surface area contributed by atoms with Crippen LogP contribution in [-0.4, -0.2) is 39.2 Å². The lowest BCUT2D eigenvalue weighted by molar-refractivity contribution is -0.138. The molecule has 0 saturated carbocycles. The van der Waals surface area contributed by atoms with E-state index in [0.717, 1.165) is 11.0 Å². The standard InChI is InChI=1S/C18H17F3N2O4S/c1-16-6-10(24)17(2,27-16)12-11(16)14(25)23(15(12)26)7-3-4-8(13(22)28)9(5-7)18(19,20)21/h3-5,10-12,24H,6H2,1-2H3,(H2,22,28)/t10-,11+,12-,16+,17-/m0/s1. The maximum Gasteiger partial charge on any atom is 0.417 e. The molecule has 3 fully saturated rings. The molecular formula is C18H17F3N2O4S. The summed E-state index contributed by atoms with van der Waals surface area (Å²) in [6.45, 7) is 3.19. The minimum Gasteiger partial charge on any atom is -0.390 e. The normalized spacial score (nSPS) is 36.9. The maximum absolute atomic E-state index is 13.5. The number of carbonyl (C=O) groups is 2. The Labute approximate surface area is 163 Å². The van der Waals surface area contributed by atoms with Crippen molar-refractivity contribution in [2.75, 3.05) is 4.90 Å². The molecule has 4 rings (SSSR count). The molecule has 0 radical (unpaired) electrons. The van der Waals surface area contributed by atoms with Gasteiger partial charge >= 0.3 is 6.18 Å². The summed E-state index contributed by atoms with van der Waals surface area (Å²) in [6, 6.07) is 2.97. The fraction of sp³-hybridized carbons (Fsp3) is 0.500. The van der Waals surface area contributed by atoms with Crippen LogP contribution in [0.3, 0.4) is 0 Å². The molecule has 6 nitrogen and oxygen atoms in total. The van der Waals surface area contributed by atoms with Crippen LogP contribution in [-0.2, 0) is 20.5 Å². The molecule has 3 N–H and O–H groups in total. The predicted molar refractivity (Wildman–Crippen MR) is 95.3 cm³/mol. The highest BCUT2D eigenvalue weighted by Gasteiger charge is 2.75. The van der Waals surface area contributed by atoms with E-state index in [0.29, 0.717) is 6.07 Å². The number of imide groups is 1. The average molecular weight is 414 g/mol. The van der Waals surface area contributed by atoms with Gasteiger partial charge in [0.2, 0.25) is 11.8 Å². The minimum atomic E-state index is -4.77. The van der Waals surface area contributed by atoms with Gasteiger partial charge in [0, 0.05) is 12.0 Å². The van der Waals surface area contributed by atoms with E-state index in [2.05, 4.69) is 12.2 Å². The first-order valence-corrected chi connectivity index (χ1v) is 8.99. The van der Waals surface area contributed by atoms with E-state index in [1.54, 1.807) is 13.8 Å². The first-order valence-electron chi connectivity index (χ1n) is 8.58. The maximum atomic E-state index is 13.5. The molecule has 150 valence electrons. The summed E-state index contributed by atoms with van der Waals surface area (Å²) in [5.74, 6) is -3.14. The zero-order valence-corrected chi connectivity index (χ0v) is 15.7. The SMILES string of the molecule is C[C@]12O[C@](C)(C[C@@H]1O)[C@H]1C(=O)N(c3ccc(C(N)=S)c(C(F)(F)F)c3)C(=O)[C@H]12. The van der Waals surface area contributed by atoms with Crippen molar-refractivity contribution in [3.63, 3.8) is 0 Å². The predicted octanol–water partition coefficient (Wildman–Crippen LogP) is 1.76. The topological polar surface area (TPSA) is 92.9 Å². The largest absolute Gasteiger partial charge is 0.417 e. The minimum absolute atomic E-state index is 0.172. The van der Waals surface area contributed by atoms with Crippen LogP contribution in [0.4, 0.5) is 18.9 Å². The second-order valence-electron chi connectivity index (χ2n) is 7.88. The average Bonchev–Trinajstić information content (AvgIpc) is 3.07. The number of carbonyl (C=O) groups excluding carboxylic acids is 2. The van der Waals surface area contributed by atoms with E-state index < -0.39 is 57.7 Å². The van der Waals surface area contributed by atoms with Crippen molar-refractivity contribution >= 4 is 34.7 Å². The van der Waals surface area contributed by atoms with Gasteiger partial charge < -0.3 is 15.6 Å². The molecule has 3 aliphatic heterocycles. The summed E-state index contributed by atoms with van der Waals surface area (Å²) >= 11 is 4.68. The second kappa shape index (κ2) is 5.52. The Kier molecular flexibility index (Phi) is 3.80. The van der Waals surface area contributed by atoms with E-state index in [9.17, 15) is 27.9 Å². The molecule has 2 amide bonds. The number of hydrogen-bond acceptors (Lipinski definition) is 5. The van der Waals surface area contributed by atoms with Crippen LogP contribution in [0.15, 0.2) is 18.2 Å². The number of benzene rings is 1. The molecule has 0 aromatic heterocycles. The van der Waals surface area contributed by atoms with Gasteiger partial charge in [-0.3, -0.25) is 9.59 Å². The molecule has 1 aromatic rings. The number of alkyl halides is 3. The fourth-order valence-corrected chi connectivity index (χ4v) is 5.07.